The third-order valence-corrected chi connectivity index (χ3v) is 6.08. The number of anilines is 1. The minimum absolute atomic E-state index is 0.0576. The maximum Gasteiger partial charge on any atom is 0.270 e. The first-order chi connectivity index (χ1) is 16.5. The van der Waals surface area contributed by atoms with Crippen molar-refractivity contribution in [1.82, 2.24) is 14.9 Å². The third kappa shape index (κ3) is 4.88. The minimum atomic E-state index is -0.119. The molecule has 34 heavy (non-hydrogen) atoms. The summed E-state index contributed by atoms with van der Waals surface area (Å²) in [7, 11) is 5.94. The number of nitrogens with one attached hydrogen (secondary N) is 1. The normalized spacial score (nSPS) is 11.8. The van der Waals surface area contributed by atoms with Gasteiger partial charge in [0, 0.05) is 38.0 Å². The van der Waals surface area contributed by atoms with E-state index in [0.717, 1.165) is 41.0 Å². The van der Waals surface area contributed by atoms with Gasteiger partial charge < -0.3 is 14.8 Å². The standard InChI is InChI=1S/C29H32N4O/c1-5-12-25(21-13-8-6-9-14-21)30-29(34)27-26(22-17-19-24(20-18-22)32(2)3)31-28(33(27)4)23-15-10-7-11-16-23/h6-11,13-20,25H,5,12H2,1-4H3,(H,30,34). The Morgan fingerprint density at radius 2 is 1.53 bits per heavy atom. The van der Waals surface area contributed by atoms with Crippen LogP contribution in [0.4, 0.5) is 5.69 Å². The average Bonchev–Trinajstić information content (AvgIpc) is 3.22. The van der Waals surface area contributed by atoms with Gasteiger partial charge in [-0.05, 0) is 24.1 Å². The first-order valence-electron chi connectivity index (χ1n) is 11.7. The molecule has 5 nitrogen and oxygen atoms in total. The number of nitrogens with zero attached hydrogens (tertiary/aromatic N) is 3. The van der Waals surface area contributed by atoms with Crippen LogP contribution < -0.4 is 10.2 Å². The van der Waals surface area contributed by atoms with Gasteiger partial charge in [0.05, 0.1) is 6.04 Å². The van der Waals surface area contributed by atoms with Crippen molar-refractivity contribution in [3.05, 3.63) is 96.2 Å². The summed E-state index contributed by atoms with van der Waals surface area (Å²) < 4.78 is 1.91. The highest BCUT2D eigenvalue weighted by molar-refractivity contribution is 5.99. The lowest BCUT2D eigenvalue weighted by molar-refractivity contribution is 0.0927. The lowest BCUT2D eigenvalue weighted by Gasteiger charge is -2.19. The van der Waals surface area contributed by atoms with Gasteiger partial charge in [-0.2, -0.15) is 0 Å². The molecule has 1 unspecified atom stereocenters. The van der Waals surface area contributed by atoms with Crippen molar-refractivity contribution in [2.45, 2.75) is 25.8 Å². The van der Waals surface area contributed by atoms with Crippen LogP contribution in [-0.4, -0.2) is 29.6 Å². The summed E-state index contributed by atoms with van der Waals surface area (Å²) in [5.74, 6) is 0.648. The highest BCUT2D eigenvalue weighted by Gasteiger charge is 2.25. The molecule has 0 aliphatic heterocycles. The van der Waals surface area contributed by atoms with Crippen molar-refractivity contribution in [2.75, 3.05) is 19.0 Å². The van der Waals surface area contributed by atoms with Crippen LogP contribution in [0.2, 0.25) is 0 Å². The quantitative estimate of drug-likeness (QED) is 0.352. The van der Waals surface area contributed by atoms with Crippen molar-refractivity contribution in [3.8, 4) is 22.6 Å². The van der Waals surface area contributed by atoms with Crippen LogP contribution in [0.1, 0.15) is 41.9 Å². The van der Waals surface area contributed by atoms with E-state index in [9.17, 15) is 4.79 Å². The number of rotatable bonds is 8. The van der Waals surface area contributed by atoms with Crippen LogP contribution in [0.25, 0.3) is 22.6 Å². The van der Waals surface area contributed by atoms with Crippen molar-refractivity contribution >= 4 is 11.6 Å². The highest BCUT2D eigenvalue weighted by atomic mass is 16.2. The Balaban J connectivity index is 1.78. The molecule has 1 heterocycles. The zero-order valence-corrected chi connectivity index (χ0v) is 20.3. The van der Waals surface area contributed by atoms with E-state index in [1.54, 1.807) is 0 Å². The number of hydrogen-bond donors (Lipinski definition) is 1. The van der Waals surface area contributed by atoms with E-state index in [4.69, 9.17) is 4.98 Å². The van der Waals surface area contributed by atoms with Crippen LogP contribution in [0, 0.1) is 0 Å². The van der Waals surface area contributed by atoms with Crippen LogP contribution >= 0.6 is 0 Å². The molecule has 3 aromatic carbocycles. The number of hydrogen-bond acceptors (Lipinski definition) is 3. The average molecular weight is 453 g/mol. The van der Waals surface area contributed by atoms with E-state index in [1.165, 1.54) is 0 Å². The molecule has 1 N–H and O–H groups in total. The van der Waals surface area contributed by atoms with Gasteiger partial charge in [-0.25, -0.2) is 4.98 Å². The lowest BCUT2D eigenvalue weighted by Crippen LogP contribution is -2.30. The van der Waals surface area contributed by atoms with Crippen LogP contribution in [-0.2, 0) is 7.05 Å². The number of benzene rings is 3. The molecule has 1 atom stereocenters. The largest absolute Gasteiger partial charge is 0.378 e. The maximum absolute atomic E-state index is 13.8. The molecule has 0 saturated heterocycles. The molecule has 0 aliphatic rings. The monoisotopic (exact) mass is 452 g/mol. The maximum atomic E-state index is 13.8. The Morgan fingerprint density at radius 1 is 0.912 bits per heavy atom. The van der Waals surface area contributed by atoms with E-state index in [-0.39, 0.29) is 11.9 Å². The van der Waals surface area contributed by atoms with Gasteiger partial charge in [-0.15, -0.1) is 0 Å². The first-order valence-corrected chi connectivity index (χ1v) is 11.7. The molecule has 0 radical (unpaired) electrons. The Morgan fingerprint density at radius 3 is 2.12 bits per heavy atom. The number of imidazole rings is 1. The molecule has 0 aliphatic carbocycles. The topological polar surface area (TPSA) is 50.2 Å². The van der Waals surface area contributed by atoms with Gasteiger partial charge in [0.1, 0.15) is 17.2 Å². The number of aromatic nitrogens is 2. The first kappa shape index (κ1) is 23.3. The molecule has 0 saturated carbocycles. The number of carbonyl (C=O) groups is 1. The summed E-state index contributed by atoms with van der Waals surface area (Å²) in [5.41, 5.74) is 5.35. The molecule has 1 amide bonds. The van der Waals surface area contributed by atoms with Crippen LogP contribution in [0.3, 0.4) is 0 Å². The number of amides is 1. The molecule has 174 valence electrons. The van der Waals surface area contributed by atoms with Gasteiger partial charge in [-0.1, -0.05) is 86.1 Å². The van der Waals surface area contributed by atoms with E-state index in [2.05, 4.69) is 41.4 Å². The predicted molar refractivity (Wildman–Crippen MR) is 140 cm³/mol. The summed E-state index contributed by atoms with van der Waals surface area (Å²) >= 11 is 0. The van der Waals surface area contributed by atoms with Gasteiger partial charge in [0.2, 0.25) is 0 Å². The van der Waals surface area contributed by atoms with E-state index < -0.39 is 0 Å². The Labute approximate surface area is 202 Å². The van der Waals surface area contributed by atoms with Gasteiger partial charge in [0.25, 0.3) is 5.91 Å². The molecule has 1 aromatic heterocycles. The van der Waals surface area contributed by atoms with Crippen molar-refractivity contribution in [3.63, 3.8) is 0 Å². The second-order valence-corrected chi connectivity index (χ2v) is 8.72. The second-order valence-electron chi connectivity index (χ2n) is 8.72. The zero-order chi connectivity index (χ0) is 24.1. The zero-order valence-electron chi connectivity index (χ0n) is 20.3. The minimum Gasteiger partial charge on any atom is -0.378 e. The number of carbonyl (C=O) groups excluding carboxylic acids is 1. The predicted octanol–water partition coefficient (Wildman–Crippen LogP) is 6.09. The summed E-state index contributed by atoms with van der Waals surface area (Å²) in [5, 5.41) is 3.29. The van der Waals surface area contributed by atoms with E-state index >= 15 is 0 Å². The van der Waals surface area contributed by atoms with Gasteiger partial charge in [0.15, 0.2) is 0 Å². The summed E-state index contributed by atoms with van der Waals surface area (Å²) in [4.78, 5) is 20.8. The Kier molecular flexibility index (Phi) is 7.12. The highest BCUT2D eigenvalue weighted by Crippen LogP contribution is 2.30. The van der Waals surface area contributed by atoms with E-state index in [1.807, 2.05) is 86.4 Å². The molecular weight excluding hydrogens is 420 g/mol. The van der Waals surface area contributed by atoms with Crippen LogP contribution in [0.15, 0.2) is 84.9 Å². The SMILES string of the molecule is CCCC(NC(=O)c1c(-c2ccc(N(C)C)cc2)nc(-c2ccccc2)n1C)c1ccccc1. The second kappa shape index (κ2) is 10.4. The molecule has 4 rings (SSSR count). The van der Waals surface area contributed by atoms with Crippen molar-refractivity contribution in [1.29, 1.82) is 0 Å². The fraction of sp³-hybridized carbons (Fsp3) is 0.241. The molecule has 5 heteroatoms. The van der Waals surface area contributed by atoms with Crippen molar-refractivity contribution < 1.29 is 4.79 Å². The summed E-state index contributed by atoms with van der Waals surface area (Å²) in [6, 6.07) is 28.3. The third-order valence-electron chi connectivity index (χ3n) is 6.08. The van der Waals surface area contributed by atoms with Gasteiger partial charge in [-0.3, -0.25) is 4.79 Å². The molecule has 0 bridgehead atoms. The van der Waals surface area contributed by atoms with E-state index in [0.29, 0.717) is 11.4 Å². The van der Waals surface area contributed by atoms with Crippen LogP contribution in [0.5, 0.6) is 0 Å². The summed E-state index contributed by atoms with van der Waals surface area (Å²) in [6.45, 7) is 2.14. The smallest absolute Gasteiger partial charge is 0.270 e. The lowest BCUT2D eigenvalue weighted by atomic mass is 10.0. The molecule has 4 aromatic rings. The van der Waals surface area contributed by atoms with Crippen molar-refractivity contribution in [2.24, 2.45) is 7.05 Å². The fourth-order valence-corrected chi connectivity index (χ4v) is 4.25. The molecule has 0 fully saturated rings. The molecular formula is C29H32N4O. The van der Waals surface area contributed by atoms with Gasteiger partial charge >= 0.3 is 0 Å². The Hall–Kier alpha value is -3.86. The summed E-state index contributed by atoms with van der Waals surface area (Å²) in [6.07, 6.45) is 1.84. The molecule has 0 spiro atoms. The fourth-order valence-electron chi connectivity index (χ4n) is 4.25. The Bertz CT molecular complexity index is 1230.